The summed E-state index contributed by atoms with van der Waals surface area (Å²) >= 11 is 0. The van der Waals surface area contributed by atoms with E-state index < -0.39 is 143 Å². The normalized spacial score (nSPS) is 16.1. The first-order valence-corrected chi connectivity index (χ1v) is 27.3. The summed E-state index contributed by atoms with van der Waals surface area (Å²) in [6.07, 6.45) is -26.3. The molecule has 2 atom stereocenters. The Morgan fingerprint density at radius 3 is 0.719 bits per heavy atom. The Bertz CT molecular complexity index is 3270. The molecule has 0 N–H and O–H groups in total. The van der Waals surface area contributed by atoms with Gasteiger partial charge in [-0.2, -0.15) is 155 Å². The molecule has 0 spiro atoms. The second-order valence-corrected chi connectivity index (χ2v) is 23.9. The van der Waals surface area contributed by atoms with Crippen molar-refractivity contribution in [3.05, 3.63) is 247 Å². The molecule has 0 amide bonds. The van der Waals surface area contributed by atoms with Crippen molar-refractivity contribution in [3.8, 4) is 0 Å². The van der Waals surface area contributed by atoms with Gasteiger partial charge in [-0.1, -0.05) is 22.9 Å². The molecule has 0 aromatic heterocycles. The molecule has 0 heterocycles. The molecule has 0 saturated carbocycles. The van der Waals surface area contributed by atoms with E-state index in [0.29, 0.717) is 59.7 Å². The Hall–Kier alpha value is -6.64. The summed E-state index contributed by atoms with van der Waals surface area (Å²) in [4.78, 5) is 3.17. The minimum atomic E-state index is -5.34. The number of allylic oxidation sites excluding steroid dienone is 6. The molecule has 29 heteroatoms. The second kappa shape index (κ2) is 26.3. The number of likely N-dealkylation sites (N-methyl/N-ethyl adjacent to an activating group) is 2. The Balaban J connectivity index is 0.000000281. The Morgan fingerprint density at radius 1 is 0.337 bits per heavy atom. The molecular formula is C60H36F24FeN2P2. The second-order valence-electron chi connectivity index (χ2n) is 19.6. The van der Waals surface area contributed by atoms with Crippen LogP contribution < -0.4 is 21.2 Å². The maximum Gasteiger partial charge on any atom is 2.00 e. The topological polar surface area (TPSA) is 6.48 Å². The van der Waals surface area contributed by atoms with Crippen LogP contribution in [0.2, 0.25) is 0 Å². The molecule has 4 aromatic carbocycles. The van der Waals surface area contributed by atoms with E-state index in [0.717, 1.165) is 0 Å². The molecule has 2 radical (unpaired) electrons. The molecule has 0 unspecified atom stereocenters. The Labute approximate surface area is 504 Å². The first kappa shape index (κ1) is 71.4. The average molecular weight is 1360 g/mol. The number of alkyl halides is 24. The van der Waals surface area contributed by atoms with E-state index in [1.165, 1.54) is 0 Å². The van der Waals surface area contributed by atoms with Gasteiger partial charge in [-0.25, -0.2) is 0 Å². The predicted molar refractivity (Wildman–Crippen MR) is 280 cm³/mol. The molecule has 4 aromatic rings. The predicted octanol–water partition coefficient (Wildman–Crippen LogP) is 17.5. The van der Waals surface area contributed by atoms with E-state index in [1.807, 2.05) is 0 Å². The van der Waals surface area contributed by atoms with Crippen LogP contribution in [0.4, 0.5) is 105 Å². The maximum absolute atomic E-state index is 13.8. The molecule has 0 fully saturated rings. The number of rotatable bonds is 12. The van der Waals surface area contributed by atoms with Crippen molar-refractivity contribution < 1.29 is 122 Å². The van der Waals surface area contributed by atoms with Crippen molar-refractivity contribution in [2.45, 2.75) is 61.5 Å². The third kappa shape index (κ3) is 17.0. The number of halogens is 24. The van der Waals surface area contributed by atoms with Gasteiger partial charge in [0.1, 0.15) is 0 Å². The monoisotopic (exact) mass is 1360 g/mol. The molecule has 2 nitrogen and oxygen atoms in total. The molecular weight excluding hydrogens is 1320 g/mol. The largest absolute Gasteiger partial charge is 2.00 e. The van der Waals surface area contributed by atoms with Crippen LogP contribution in [0.25, 0.3) is 0 Å². The maximum atomic E-state index is 13.8. The van der Waals surface area contributed by atoms with Crippen LogP contribution in [-0.4, -0.2) is 50.1 Å². The van der Waals surface area contributed by atoms with E-state index in [9.17, 15) is 105 Å². The van der Waals surface area contributed by atoms with Crippen LogP contribution in [-0.2, 0) is 66.5 Å². The van der Waals surface area contributed by atoms with E-state index in [2.05, 4.69) is 34.4 Å². The number of hydrogen-bond donors (Lipinski definition) is 0. The third-order valence-corrected chi connectivity index (χ3v) is 17.5. The van der Waals surface area contributed by atoms with Gasteiger partial charge >= 0.3 is 66.5 Å². The zero-order chi connectivity index (χ0) is 65.7. The van der Waals surface area contributed by atoms with Gasteiger partial charge in [0.05, 0.1) is 44.5 Å². The first-order chi connectivity index (χ1) is 40.3. The van der Waals surface area contributed by atoms with Gasteiger partial charge in [-0.3, -0.25) is 9.80 Å². The average Bonchev–Trinajstić information content (AvgIpc) is 2.02. The van der Waals surface area contributed by atoms with Crippen molar-refractivity contribution in [3.63, 3.8) is 0 Å². The van der Waals surface area contributed by atoms with Crippen molar-refractivity contribution in [2.75, 3.05) is 28.2 Å². The van der Waals surface area contributed by atoms with Gasteiger partial charge in [-0.15, -0.1) is 24.0 Å². The third-order valence-electron chi connectivity index (χ3n) is 12.8. The van der Waals surface area contributed by atoms with E-state index >= 15 is 0 Å². The zero-order valence-electron chi connectivity index (χ0n) is 45.1. The van der Waals surface area contributed by atoms with Crippen LogP contribution in [0.15, 0.2) is 177 Å². The van der Waals surface area contributed by atoms with Crippen molar-refractivity contribution >= 4 is 37.1 Å². The molecule has 4 aliphatic carbocycles. The minimum absolute atomic E-state index is 0. The molecule has 4 aliphatic rings. The first-order valence-electron chi connectivity index (χ1n) is 24.6. The van der Waals surface area contributed by atoms with Crippen LogP contribution in [0.3, 0.4) is 0 Å². The minimum Gasteiger partial charge on any atom is -0.300 e. The summed E-state index contributed by atoms with van der Waals surface area (Å²) in [5, 5.41) is -3.70. The standard InChI is InChI=1S/2C30H18F12NP.Fe/c2*1-43(2)26(17-7-4-3-5-8-17)24-9-6-10-25(24)44(22-13-18(27(31,32)33)11-19(14-22)28(34,35)36)23-15-20(29(37,38)39)12-21(16-23)30(40,41)42;/h2*3-5,7-8,11-16,26H,1-2H3;/q2*-1;+2/t2*26-;/m00./s1. The van der Waals surface area contributed by atoms with Crippen LogP contribution >= 0.6 is 15.8 Å². The fraction of sp³-hybridized carbons (Fsp3) is 0.233. The fourth-order valence-electron chi connectivity index (χ4n) is 9.12. The quantitative estimate of drug-likeness (QED) is 0.0459. The SMILES string of the molecule is CN(C)[C@H](C1=C=C=C=C1P(c1cc(C(F)(F)F)cc(C(F)(F)F)c1)c1cc(C(F)(F)F)cc(C(F)(F)F)c1)C1=C[CH]C=C[CH-]1.CN(C)[C@H](C1=C=C=C=C1P(c1cc(C(F)(F)F)cc(C(F)(F)F)c1)c1cc(C(F)(F)F)cc(C(F)(F)F)c1)C1=C[CH]C=C[CH-]1.[Fe+2]. The van der Waals surface area contributed by atoms with Crippen LogP contribution in [0.1, 0.15) is 44.5 Å². The zero-order valence-corrected chi connectivity index (χ0v) is 48.0. The van der Waals surface area contributed by atoms with Crippen LogP contribution in [0, 0.1) is 25.7 Å². The summed E-state index contributed by atoms with van der Waals surface area (Å²) < 4.78 is 332. The Morgan fingerprint density at radius 2 is 0.551 bits per heavy atom. The van der Waals surface area contributed by atoms with Gasteiger partial charge in [0.25, 0.3) is 0 Å². The summed E-state index contributed by atoms with van der Waals surface area (Å²) in [5.74, 6) is 0. The van der Waals surface area contributed by atoms with Gasteiger partial charge in [0, 0.05) is 33.9 Å². The molecule has 0 aliphatic heterocycles. The van der Waals surface area contributed by atoms with Gasteiger partial charge < -0.3 is 0 Å². The fourth-order valence-corrected chi connectivity index (χ4v) is 14.1. The van der Waals surface area contributed by atoms with Crippen LogP contribution in [0.5, 0.6) is 0 Å². The molecule has 89 heavy (non-hydrogen) atoms. The number of benzene rings is 4. The molecule has 472 valence electrons. The van der Waals surface area contributed by atoms with Crippen molar-refractivity contribution in [1.29, 1.82) is 0 Å². The summed E-state index contributed by atoms with van der Waals surface area (Å²) in [6, 6.07) is 0.0121. The number of hydrogen-bond acceptors (Lipinski definition) is 2. The van der Waals surface area contributed by atoms with Crippen molar-refractivity contribution in [1.82, 2.24) is 9.80 Å². The Kier molecular flexibility index (Phi) is 21.1. The van der Waals surface area contributed by atoms with E-state index in [-0.39, 0.29) is 63.1 Å². The van der Waals surface area contributed by atoms with Gasteiger partial charge in [0.2, 0.25) is 0 Å². The van der Waals surface area contributed by atoms with Gasteiger partial charge in [0.15, 0.2) is 0 Å². The van der Waals surface area contributed by atoms with E-state index in [4.69, 9.17) is 0 Å². The number of nitrogens with zero attached hydrogens (tertiary/aromatic N) is 2. The smallest absolute Gasteiger partial charge is 0.300 e. The van der Waals surface area contributed by atoms with Crippen molar-refractivity contribution in [2.24, 2.45) is 0 Å². The molecule has 0 bridgehead atoms. The summed E-state index contributed by atoms with van der Waals surface area (Å²) in [5.41, 5.74) is 2.24. The summed E-state index contributed by atoms with van der Waals surface area (Å²) in [7, 11) is 0.337. The summed E-state index contributed by atoms with van der Waals surface area (Å²) in [6.45, 7) is 0. The van der Waals surface area contributed by atoms with E-state index in [1.54, 1.807) is 100 Å². The van der Waals surface area contributed by atoms with Gasteiger partial charge in [-0.05, 0) is 150 Å². The molecule has 8 rings (SSSR count). The molecule has 0 saturated heterocycles.